The number of hydrogen-bond acceptors (Lipinski definition) is 2. The minimum absolute atomic E-state index is 0.0388. The molecule has 118 valence electrons. The zero-order valence-electron chi connectivity index (χ0n) is 12.1. The highest BCUT2D eigenvalue weighted by Gasteiger charge is 2.16. The van der Waals surface area contributed by atoms with Crippen molar-refractivity contribution < 1.29 is 18.3 Å². The number of halogens is 3. The van der Waals surface area contributed by atoms with Gasteiger partial charge in [0.25, 0.3) is 5.91 Å². The maximum atomic E-state index is 12.0. The molecule has 1 rings (SSSR count). The van der Waals surface area contributed by atoms with E-state index in [9.17, 15) is 13.6 Å². The quantitative estimate of drug-likeness (QED) is 0.702. The summed E-state index contributed by atoms with van der Waals surface area (Å²) >= 11 is 3.59. The summed E-state index contributed by atoms with van der Waals surface area (Å²) in [4.78, 5) is 12.2. The van der Waals surface area contributed by atoms with E-state index in [0.29, 0.717) is 18.0 Å². The number of nitrogens with one attached hydrogen (secondary N) is 1. The van der Waals surface area contributed by atoms with Crippen LogP contribution < -0.4 is 10.1 Å². The summed E-state index contributed by atoms with van der Waals surface area (Å²) < 4.78 is 28.3. The van der Waals surface area contributed by atoms with E-state index in [4.69, 9.17) is 0 Å². The fraction of sp³-hybridized carbons (Fsp3) is 0.533. The van der Waals surface area contributed by atoms with Crippen molar-refractivity contribution in [2.45, 2.75) is 38.1 Å². The SMILES string of the molecule is CCC(CC)C(Br)CNC(=O)c1ccc(OC(F)F)cc1. The zero-order valence-corrected chi connectivity index (χ0v) is 13.7. The standard InChI is InChI=1S/C15H20BrF2NO2/c1-3-10(4-2)13(16)9-19-14(20)11-5-7-12(8-6-11)21-15(17)18/h5-8,10,13,15H,3-4,9H2,1-2H3,(H,19,20). The lowest BCUT2D eigenvalue weighted by Gasteiger charge is -2.19. The molecule has 0 saturated heterocycles. The van der Waals surface area contributed by atoms with Crippen LogP contribution in [0.1, 0.15) is 37.0 Å². The van der Waals surface area contributed by atoms with Crippen molar-refractivity contribution in [1.82, 2.24) is 5.32 Å². The van der Waals surface area contributed by atoms with E-state index < -0.39 is 6.61 Å². The Bertz CT molecular complexity index is 436. The molecule has 0 fully saturated rings. The smallest absolute Gasteiger partial charge is 0.387 e. The lowest BCUT2D eigenvalue weighted by atomic mass is 9.99. The molecule has 1 aromatic rings. The average Bonchev–Trinajstić information content (AvgIpc) is 2.46. The normalized spacial score (nSPS) is 12.5. The molecule has 0 saturated carbocycles. The van der Waals surface area contributed by atoms with Gasteiger partial charge in [-0.05, 0) is 30.2 Å². The summed E-state index contributed by atoms with van der Waals surface area (Å²) in [5, 5.41) is 2.83. The van der Waals surface area contributed by atoms with Gasteiger partial charge in [-0.3, -0.25) is 4.79 Å². The van der Waals surface area contributed by atoms with Crippen LogP contribution in [-0.4, -0.2) is 23.9 Å². The predicted octanol–water partition coefficient (Wildman–Crippen LogP) is 4.22. The van der Waals surface area contributed by atoms with Gasteiger partial charge in [-0.15, -0.1) is 0 Å². The van der Waals surface area contributed by atoms with Crippen LogP contribution in [0.3, 0.4) is 0 Å². The van der Waals surface area contributed by atoms with Crippen molar-refractivity contribution in [3.63, 3.8) is 0 Å². The molecule has 1 amide bonds. The van der Waals surface area contributed by atoms with E-state index in [1.165, 1.54) is 24.3 Å². The summed E-state index contributed by atoms with van der Waals surface area (Å²) in [5.41, 5.74) is 0.417. The van der Waals surface area contributed by atoms with Crippen LogP contribution in [0.15, 0.2) is 24.3 Å². The molecule has 0 aliphatic heterocycles. The Morgan fingerprint density at radius 2 is 1.81 bits per heavy atom. The number of alkyl halides is 3. The van der Waals surface area contributed by atoms with Crippen molar-refractivity contribution in [1.29, 1.82) is 0 Å². The van der Waals surface area contributed by atoms with E-state index in [1.807, 2.05) is 0 Å². The van der Waals surface area contributed by atoms with Crippen LogP contribution in [0.5, 0.6) is 5.75 Å². The molecule has 0 spiro atoms. The second-order valence-electron chi connectivity index (χ2n) is 4.71. The number of amides is 1. The van der Waals surface area contributed by atoms with Crippen LogP contribution in [0.2, 0.25) is 0 Å². The Kier molecular flexibility index (Phi) is 7.64. The lowest BCUT2D eigenvalue weighted by Crippen LogP contribution is -2.32. The molecule has 1 aromatic carbocycles. The highest BCUT2D eigenvalue weighted by molar-refractivity contribution is 9.09. The van der Waals surface area contributed by atoms with Gasteiger partial charge in [0.2, 0.25) is 0 Å². The summed E-state index contributed by atoms with van der Waals surface area (Å²) in [6.07, 6.45) is 2.09. The summed E-state index contributed by atoms with van der Waals surface area (Å²) in [6, 6.07) is 5.64. The molecule has 3 nitrogen and oxygen atoms in total. The highest BCUT2D eigenvalue weighted by atomic mass is 79.9. The van der Waals surface area contributed by atoms with Crippen LogP contribution >= 0.6 is 15.9 Å². The van der Waals surface area contributed by atoms with E-state index in [0.717, 1.165) is 12.8 Å². The Hall–Kier alpha value is -1.17. The molecule has 1 atom stereocenters. The lowest BCUT2D eigenvalue weighted by molar-refractivity contribution is -0.0498. The van der Waals surface area contributed by atoms with Crippen LogP contribution in [0.25, 0.3) is 0 Å². The molecule has 0 aliphatic carbocycles. The van der Waals surface area contributed by atoms with Crippen molar-refractivity contribution in [3.8, 4) is 5.75 Å². The Labute approximate surface area is 132 Å². The van der Waals surface area contributed by atoms with Gasteiger partial charge in [-0.25, -0.2) is 0 Å². The van der Waals surface area contributed by atoms with Crippen molar-refractivity contribution in [2.24, 2.45) is 5.92 Å². The number of carbonyl (C=O) groups is 1. The molecule has 0 radical (unpaired) electrons. The zero-order chi connectivity index (χ0) is 15.8. The second-order valence-corrected chi connectivity index (χ2v) is 5.88. The van der Waals surface area contributed by atoms with Gasteiger partial charge in [0, 0.05) is 16.9 Å². The van der Waals surface area contributed by atoms with Gasteiger partial charge >= 0.3 is 6.61 Å². The molecular formula is C15H20BrF2NO2. The topological polar surface area (TPSA) is 38.3 Å². The van der Waals surface area contributed by atoms with Gasteiger partial charge in [0.15, 0.2) is 0 Å². The molecule has 1 unspecified atom stereocenters. The summed E-state index contributed by atoms with van der Waals surface area (Å²) in [5.74, 6) is 0.318. The van der Waals surface area contributed by atoms with Crippen LogP contribution in [0.4, 0.5) is 8.78 Å². The molecule has 0 aromatic heterocycles. The minimum Gasteiger partial charge on any atom is -0.435 e. The number of ether oxygens (including phenoxy) is 1. The summed E-state index contributed by atoms with van der Waals surface area (Å²) in [7, 11) is 0. The Morgan fingerprint density at radius 3 is 2.29 bits per heavy atom. The first-order chi connectivity index (χ1) is 9.97. The van der Waals surface area contributed by atoms with E-state index in [-0.39, 0.29) is 16.5 Å². The molecule has 0 bridgehead atoms. The largest absolute Gasteiger partial charge is 0.435 e. The molecule has 0 heterocycles. The number of carbonyl (C=O) groups excluding carboxylic acids is 1. The average molecular weight is 364 g/mol. The minimum atomic E-state index is -2.86. The monoisotopic (exact) mass is 363 g/mol. The highest BCUT2D eigenvalue weighted by Crippen LogP contribution is 2.20. The first kappa shape index (κ1) is 17.9. The molecule has 0 aliphatic rings. The van der Waals surface area contributed by atoms with Crippen LogP contribution in [0, 0.1) is 5.92 Å². The maximum Gasteiger partial charge on any atom is 0.387 e. The third kappa shape index (κ3) is 5.99. The number of hydrogen-bond donors (Lipinski definition) is 1. The van der Waals surface area contributed by atoms with Gasteiger partial charge in [0.1, 0.15) is 5.75 Å². The molecular weight excluding hydrogens is 344 g/mol. The van der Waals surface area contributed by atoms with E-state index in [2.05, 4.69) is 39.8 Å². The van der Waals surface area contributed by atoms with E-state index >= 15 is 0 Å². The second kappa shape index (κ2) is 8.97. The predicted molar refractivity (Wildman–Crippen MR) is 82.2 cm³/mol. The van der Waals surface area contributed by atoms with Gasteiger partial charge in [-0.1, -0.05) is 42.6 Å². The Morgan fingerprint density at radius 1 is 1.24 bits per heavy atom. The molecule has 6 heteroatoms. The first-order valence-electron chi connectivity index (χ1n) is 6.95. The molecule has 21 heavy (non-hydrogen) atoms. The van der Waals surface area contributed by atoms with Gasteiger partial charge < -0.3 is 10.1 Å². The van der Waals surface area contributed by atoms with Crippen LogP contribution in [-0.2, 0) is 0 Å². The van der Waals surface area contributed by atoms with Crippen molar-refractivity contribution >= 4 is 21.8 Å². The fourth-order valence-corrected chi connectivity index (χ4v) is 2.96. The van der Waals surface area contributed by atoms with Crippen molar-refractivity contribution in [3.05, 3.63) is 29.8 Å². The number of benzene rings is 1. The van der Waals surface area contributed by atoms with Crippen molar-refractivity contribution in [2.75, 3.05) is 6.54 Å². The maximum absolute atomic E-state index is 12.0. The summed E-state index contributed by atoms with van der Waals surface area (Å²) in [6.45, 7) is 1.90. The van der Waals surface area contributed by atoms with Gasteiger partial charge in [-0.2, -0.15) is 8.78 Å². The third-order valence-electron chi connectivity index (χ3n) is 3.36. The fourth-order valence-electron chi connectivity index (χ4n) is 2.05. The Balaban J connectivity index is 2.52. The molecule has 1 N–H and O–H groups in total. The van der Waals surface area contributed by atoms with Gasteiger partial charge in [0.05, 0.1) is 0 Å². The first-order valence-corrected chi connectivity index (χ1v) is 7.86. The van der Waals surface area contributed by atoms with E-state index in [1.54, 1.807) is 0 Å². The number of rotatable bonds is 8. The third-order valence-corrected chi connectivity index (χ3v) is 4.43.